The van der Waals surface area contributed by atoms with Gasteiger partial charge in [-0.05, 0) is 25.0 Å². The van der Waals surface area contributed by atoms with Gasteiger partial charge < -0.3 is 14.2 Å². The molecule has 0 radical (unpaired) electrons. The van der Waals surface area contributed by atoms with Gasteiger partial charge in [0.25, 0.3) is 5.91 Å². The SMILES string of the molecule is Cn1cccc1C(=O)N1CCC2OCCN(S(C)(=O)=O)C2CC1. The van der Waals surface area contributed by atoms with Crippen LogP contribution in [0.15, 0.2) is 18.3 Å². The van der Waals surface area contributed by atoms with Gasteiger partial charge in [0.2, 0.25) is 10.0 Å². The van der Waals surface area contributed by atoms with Gasteiger partial charge in [0.05, 0.1) is 25.0 Å². The average molecular weight is 341 g/mol. The fourth-order valence-electron chi connectivity index (χ4n) is 3.51. The molecule has 1 aromatic rings. The molecule has 23 heavy (non-hydrogen) atoms. The fraction of sp³-hybridized carbons (Fsp3) is 0.667. The van der Waals surface area contributed by atoms with Crippen molar-refractivity contribution in [2.45, 2.75) is 25.0 Å². The third-order valence-electron chi connectivity index (χ3n) is 4.70. The van der Waals surface area contributed by atoms with Crippen molar-refractivity contribution in [3.05, 3.63) is 24.0 Å². The molecule has 0 aliphatic carbocycles. The van der Waals surface area contributed by atoms with Crippen molar-refractivity contribution >= 4 is 15.9 Å². The molecular formula is C15H23N3O4S. The second-order valence-corrected chi connectivity index (χ2v) is 8.16. The first-order valence-electron chi connectivity index (χ1n) is 7.87. The summed E-state index contributed by atoms with van der Waals surface area (Å²) in [5.41, 5.74) is 0.649. The van der Waals surface area contributed by atoms with Gasteiger partial charge in [-0.1, -0.05) is 0 Å². The van der Waals surface area contributed by atoms with Crippen molar-refractivity contribution in [1.29, 1.82) is 0 Å². The van der Waals surface area contributed by atoms with Crippen LogP contribution < -0.4 is 0 Å². The Morgan fingerprint density at radius 3 is 2.65 bits per heavy atom. The number of ether oxygens (including phenoxy) is 1. The first kappa shape index (κ1) is 16.5. The Hall–Kier alpha value is -1.38. The molecule has 3 rings (SSSR count). The topological polar surface area (TPSA) is 71.8 Å². The Labute approximate surface area is 136 Å². The van der Waals surface area contributed by atoms with E-state index in [9.17, 15) is 13.2 Å². The molecule has 0 aromatic carbocycles. The number of morpholine rings is 1. The van der Waals surface area contributed by atoms with E-state index < -0.39 is 10.0 Å². The zero-order valence-corrected chi connectivity index (χ0v) is 14.3. The van der Waals surface area contributed by atoms with Crippen LogP contribution in [-0.4, -0.2) is 72.7 Å². The van der Waals surface area contributed by atoms with Crippen LogP contribution in [0.4, 0.5) is 0 Å². The molecule has 128 valence electrons. The van der Waals surface area contributed by atoms with E-state index in [-0.39, 0.29) is 18.1 Å². The fourth-order valence-corrected chi connectivity index (χ4v) is 4.64. The van der Waals surface area contributed by atoms with Gasteiger partial charge in [0.1, 0.15) is 5.69 Å². The number of carbonyl (C=O) groups excluding carboxylic acids is 1. The van der Waals surface area contributed by atoms with Crippen LogP contribution in [0.3, 0.4) is 0 Å². The number of nitrogens with zero attached hydrogens (tertiary/aromatic N) is 3. The molecule has 2 aliphatic heterocycles. The molecule has 2 saturated heterocycles. The highest BCUT2D eigenvalue weighted by atomic mass is 32.2. The lowest BCUT2D eigenvalue weighted by Gasteiger charge is -2.38. The van der Waals surface area contributed by atoms with Crippen molar-refractivity contribution in [3.63, 3.8) is 0 Å². The molecule has 1 amide bonds. The third-order valence-corrected chi connectivity index (χ3v) is 6.00. The molecule has 0 saturated carbocycles. The minimum Gasteiger partial charge on any atom is -0.375 e. The first-order chi connectivity index (χ1) is 10.9. The molecule has 2 aliphatic rings. The highest BCUT2D eigenvalue weighted by Crippen LogP contribution is 2.26. The Balaban J connectivity index is 1.76. The van der Waals surface area contributed by atoms with Crippen LogP contribution in [0.5, 0.6) is 0 Å². The Kier molecular flexibility index (Phi) is 4.48. The molecular weight excluding hydrogens is 318 g/mol. The molecule has 8 heteroatoms. The van der Waals surface area contributed by atoms with E-state index in [0.29, 0.717) is 44.8 Å². The van der Waals surface area contributed by atoms with Gasteiger partial charge in [0.15, 0.2) is 0 Å². The van der Waals surface area contributed by atoms with Crippen LogP contribution in [0.2, 0.25) is 0 Å². The zero-order chi connectivity index (χ0) is 16.6. The predicted molar refractivity (Wildman–Crippen MR) is 85.6 cm³/mol. The van der Waals surface area contributed by atoms with Gasteiger partial charge in [-0.15, -0.1) is 0 Å². The van der Waals surface area contributed by atoms with Gasteiger partial charge >= 0.3 is 0 Å². The van der Waals surface area contributed by atoms with Crippen LogP contribution in [0.1, 0.15) is 23.3 Å². The summed E-state index contributed by atoms with van der Waals surface area (Å²) in [5.74, 6) is -0.0120. The number of hydrogen-bond acceptors (Lipinski definition) is 4. The first-order valence-corrected chi connectivity index (χ1v) is 9.72. The molecule has 3 heterocycles. The van der Waals surface area contributed by atoms with Crippen molar-refractivity contribution in [2.75, 3.05) is 32.5 Å². The Morgan fingerprint density at radius 2 is 2.00 bits per heavy atom. The summed E-state index contributed by atoms with van der Waals surface area (Å²) in [5, 5.41) is 0. The standard InChI is InChI=1S/C15H23N3O4S/c1-16-7-3-4-13(16)15(19)17-8-5-12-14(6-9-17)22-11-10-18(12)23(2,20)21/h3-4,7,12,14H,5-6,8-11H2,1-2H3. The number of fused-ring (bicyclic) bond motifs is 1. The molecule has 7 nitrogen and oxygen atoms in total. The van der Waals surface area contributed by atoms with E-state index in [1.54, 1.807) is 15.5 Å². The van der Waals surface area contributed by atoms with Crippen LogP contribution in [0.25, 0.3) is 0 Å². The molecule has 2 atom stereocenters. The number of rotatable bonds is 2. The molecule has 0 N–H and O–H groups in total. The molecule has 2 fully saturated rings. The summed E-state index contributed by atoms with van der Waals surface area (Å²) in [7, 11) is -1.41. The highest BCUT2D eigenvalue weighted by Gasteiger charge is 2.39. The van der Waals surface area contributed by atoms with Gasteiger partial charge in [0, 0.05) is 32.9 Å². The highest BCUT2D eigenvalue weighted by molar-refractivity contribution is 7.88. The number of hydrogen-bond donors (Lipinski definition) is 0. The minimum absolute atomic E-state index is 0.0120. The van der Waals surface area contributed by atoms with Crippen LogP contribution >= 0.6 is 0 Å². The van der Waals surface area contributed by atoms with Crippen molar-refractivity contribution in [2.24, 2.45) is 7.05 Å². The smallest absolute Gasteiger partial charge is 0.270 e. The summed E-state index contributed by atoms with van der Waals surface area (Å²) >= 11 is 0. The van der Waals surface area contributed by atoms with E-state index in [2.05, 4.69) is 0 Å². The second-order valence-electron chi connectivity index (χ2n) is 6.22. The molecule has 2 unspecified atom stereocenters. The van der Waals surface area contributed by atoms with Crippen molar-refractivity contribution < 1.29 is 17.9 Å². The Bertz CT molecular complexity index is 685. The number of carbonyl (C=O) groups is 1. The number of sulfonamides is 1. The maximum absolute atomic E-state index is 12.7. The summed E-state index contributed by atoms with van der Waals surface area (Å²) < 4.78 is 33.1. The lowest BCUT2D eigenvalue weighted by atomic mass is 10.0. The maximum Gasteiger partial charge on any atom is 0.270 e. The quantitative estimate of drug-likeness (QED) is 0.775. The van der Waals surface area contributed by atoms with Crippen LogP contribution in [0, 0.1) is 0 Å². The van der Waals surface area contributed by atoms with Gasteiger partial charge in [-0.25, -0.2) is 8.42 Å². The van der Waals surface area contributed by atoms with E-state index in [1.807, 2.05) is 19.3 Å². The summed E-state index contributed by atoms with van der Waals surface area (Å²) in [6, 6.07) is 3.48. The molecule has 0 spiro atoms. The normalized spacial score (nSPS) is 26.6. The molecule has 0 bridgehead atoms. The largest absolute Gasteiger partial charge is 0.375 e. The number of amides is 1. The maximum atomic E-state index is 12.7. The monoisotopic (exact) mass is 341 g/mol. The Morgan fingerprint density at radius 1 is 1.26 bits per heavy atom. The lowest BCUT2D eigenvalue weighted by molar-refractivity contribution is -0.0406. The number of aryl methyl sites for hydroxylation is 1. The van der Waals surface area contributed by atoms with E-state index in [1.165, 1.54) is 10.6 Å². The second kappa shape index (κ2) is 6.26. The van der Waals surface area contributed by atoms with Gasteiger partial charge in [-0.3, -0.25) is 4.79 Å². The zero-order valence-electron chi connectivity index (χ0n) is 13.5. The third kappa shape index (κ3) is 3.29. The number of likely N-dealkylation sites (tertiary alicyclic amines) is 1. The molecule has 1 aromatic heterocycles. The van der Waals surface area contributed by atoms with Crippen molar-refractivity contribution in [1.82, 2.24) is 13.8 Å². The van der Waals surface area contributed by atoms with Gasteiger partial charge in [-0.2, -0.15) is 4.31 Å². The van der Waals surface area contributed by atoms with E-state index >= 15 is 0 Å². The summed E-state index contributed by atoms with van der Waals surface area (Å²) in [6.45, 7) is 1.94. The summed E-state index contributed by atoms with van der Waals surface area (Å²) in [4.78, 5) is 14.5. The average Bonchev–Trinajstić information content (AvgIpc) is 2.80. The van der Waals surface area contributed by atoms with E-state index in [4.69, 9.17) is 4.74 Å². The minimum atomic E-state index is -3.25. The number of aromatic nitrogens is 1. The summed E-state index contributed by atoms with van der Waals surface area (Å²) in [6.07, 6.45) is 4.22. The van der Waals surface area contributed by atoms with E-state index in [0.717, 1.165) is 0 Å². The predicted octanol–water partition coefficient (Wildman–Crippen LogP) is 0.290. The van der Waals surface area contributed by atoms with Crippen LogP contribution in [-0.2, 0) is 21.8 Å². The van der Waals surface area contributed by atoms with Crippen molar-refractivity contribution in [3.8, 4) is 0 Å². The lowest BCUT2D eigenvalue weighted by Crippen LogP contribution is -2.53.